The molecule has 16 heteroatoms. The van der Waals surface area contributed by atoms with Crippen molar-refractivity contribution in [1.82, 2.24) is 29.5 Å². The molecule has 11 nitrogen and oxygen atoms in total. The number of rotatable bonds is 6. The fourth-order valence-corrected chi connectivity index (χ4v) is 3.65. The molecular weight excluding hydrogens is 497 g/mol. The molecular formula is C20H18F5N7O4. The van der Waals surface area contributed by atoms with E-state index >= 15 is 4.39 Å². The minimum absolute atomic E-state index is 0.168. The second kappa shape index (κ2) is 9.96. The van der Waals surface area contributed by atoms with E-state index < -0.39 is 54.0 Å². The Balaban J connectivity index is 1.75. The number of hydrogen-bond donors (Lipinski definition) is 2. The van der Waals surface area contributed by atoms with E-state index in [1.54, 1.807) is 0 Å². The van der Waals surface area contributed by atoms with Gasteiger partial charge in [-0.2, -0.15) is 27.2 Å². The number of ether oxygens (including phenoxy) is 1. The molecule has 1 saturated heterocycles. The largest absolute Gasteiger partial charge is 0.405 e. The number of nitrogens with zero attached hydrogens (tertiary/aromatic N) is 5. The summed E-state index contributed by atoms with van der Waals surface area (Å²) in [5, 5.41) is 7.80. The minimum atomic E-state index is -4.81. The van der Waals surface area contributed by atoms with Gasteiger partial charge in [0.15, 0.2) is 11.4 Å². The van der Waals surface area contributed by atoms with Crippen molar-refractivity contribution >= 4 is 23.4 Å². The highest BCUT2D eigenvalue weighted by atomic mass is 19.4. The lowest BCUT2D eigenvalue weighted by atomic mass is 9.97. The number of fused-ring (bicyclic) bond motifs is 1. The van der Waals surface area contributed by atoms with Gasteiger partial charge in [-0.25, -0.2) is 14.4 Å². The summed E-state index contributed by atoms with van der Waals surface area (Å²) >= 11 is 0. The van der Waals surface area contributed by atoms with E-state index in [0.717, 1.165) is 12.4 Å². The summed E-state index contributed by atoms with van der Waals surface area (Å²) in [5.41, 5.74) is -2.39. The zero-order valence-electron chi connectivity index (χ0n) is 18.3. The Bertz CT molecular complexity index is 1350. The monoisotopic (exact) mass is 515 g/mol. The van der Waals surface area contributed by atoms with Crippen LogP contribution in [0, 0.1) is 11.8 Å². The zero-order chi connectivity index (χ0) is 26.0. The number of aromatic nitrogens is 5. The van der Waals surface area contributed by atoms with Gasteiger partial charge < -0.3 is 10.1 Å². The first-order chi connectivity index (χ1) is 17.0. The third-order valence-electron chi connectivity index (χ3n) is 5.32. The Hall–Kier alpha value is -3.95. The van der Waals surface area contributed by atoms with Crippen LogP contribution in [0.4, 0.5) is 27.9 Å². The first-order valence-corrected chi connectivity index (χ1v) is 10.6. The molecule has 0 radical (unpaired) electrons. The van der Waals surface area contributed by atoms with Crippen molar-refractivity contribution in [2.24, 2.45) is 0 Å². The number of amides is 2. The first-order valence-electron chi connectivity index (χ1n) is 10.6. The number of hydrogen-bond acceptors (Lipinski definition) is 7. The van der Waals surface area contributed by atoms with Gasteiger partial charge in [-0.1, -0.05) is 0 Å². The molecule has 0 spiro atoms. The maximum atomic E-state index is 15.4. The van der Waals surface area contributed by atoms with E-state index in [1.807, 2.05) is 0 Å². The summed E-state index contributed by atoms with van der Waals surface area (Å²) in [7, 11) is 0. The van der Waals surface area contributed by atoms with E-state index in [-0.39, 0.29) is 17.5 Å². The highest BCUT2D eigenvalue weighted by Crippen LogP contribution is 2.27. The molecule has 1 fully saturated rings. The summed E-state index contributed by atoms with van der Waals surface area (Å²) in [6.07, 6.45) is -2.17. The van der Waals surface area contributed by atoms with Crippen molar-refractivity contribution in [3.63, 3.8) is 0 Å². The highest BCUT2D eigenvalue weighted by molar-refractivity contribution is 5.94. The van der Waals surface area contributed by atoms with Gasteiger partial charge in [0.1, 0.15) is 18.7 Å². The van der Waals surface area contributed by atoms with Crippen LogP contribution < -0.4 is 16.2 Å². The van der Waals surface area contributed by atoms with Gasteiger partial charge in [0.2, 0.25) is 17.8 Å². The normalized spacial score (nSPS) is 14.7. The van der Waals surface area contributed by atoms with Gasteiger partial charge in [-0.05, 0) is 12.8 Å². The van der Waals surface area contributed by atoms with Crippen LogP contribution in [0.3, 0.4) is 0 Å². The third-order valence-corrected chi connectivity index (χ3v) is 5.32. The molecule has 1 aliphatic rings. The second-order valence-electron chi connectivity index (χ2n) is 7.85. The molecule has 0 aliphatic carbocycles. The summed E-state index contributed by atoms with van der Waals surface area (Å²) in [5.74, 6) is -5.34. The van der Waals surface area contributed by atoms with Gasteiger partial charge in [0.25, 0.3) is 11.5 Å². The van der Waals surface area contributed by atoms with Crippen molar-refractivity contribution in [2.45, 2.75) is 31.5 Å². The van der Waals surface area contributed by atoms with Crippen molar-refractivity contribution in [2.75, 3.05) is 25.1 Å². The Morgan fingerprint density at radius 2 is 1.81 bits per heavy atom. The van der Waals surface area contributed by atoms with Gasteiger partial charge in [0.05, 0.1) is 18.1 Å². The molecule has 1 aliphatic heterocycles. The van der Waals surface area contributed by atoms with E-state index in [2.05, 4.69) is 20.4 Å². The van der Waals surface area contributed by atoms with Gasteiger partial charge in [-0.3, -0.25) is 24.3 Å². The molecule has 0 aromatic carbocycles. The maximum Gasteiger partial charge on any atom is 0.405 e. The number of carbonyl (C=O) groups excluding carboxylic acids is 2. The smallest absolute Gasteiger partial charge is 0.381 e. The van der Waals surface area contributed by atoms with Crippen LogP contribution in [0.1, 0.15) is 34.8 Å². The van der Waals surface area contributed by atoms with Gasteiger partial charge in [-0.15, -0.1) is 0 Å². The molecule has 0 unspecified atom stereocenters. The molecule has 36 heavy (non-hydrogen) atoms. The molecule has 4 heterocycles. The second-order valence-corrected chi connectivity index (χ2v) is 7.85. The molecule has 4 rings (SSSR count). The lowest BCUT2D eigenvalue weighted by molar-refractivity contribution is -0.123. The lowest BCUT2D eigenvalue weighted by Gasteiger charge is -2.19. The fourth-order valence-electron chi connectivity index (χ4n) is 3.65. The topological polar surface area (TPSA) is 133 Å². The predicted octanol–water partition coefficient (Wildman–Crippen LogP) is 1.39. The predicted molar refractivity (Wildman–Crippen MR) is 111 cm³/mol. The SMILES string of the molecule is O=C(Cn1c(F)c(C(=O)NCC(F)(F)F)c(=O)n2nc(C3CCOCC3)cc12)Nc1ncc(F)cn1. The highest BCUT2D eigenvalue weighted by Gasteiger charge is 2.31. The van der Waals surface area contributed by atoms with Crippen LogP contribution in [0.15, 0.2) is 23.3 Å². The quantitative estimate of drug-likeness (QED) is 0.375. The number of anilines is 1. The van der Waals surface area contributed by atoms with Crippen molar-refractivity contribution in [3.05, 3.63) is 51.8 Å². The molecule has 2 N–H and O–H groups in total. The average Bonchev–Trinajstić information content (AvgIpc) is 3.28. The Morgan fingerprint density at radius 1 is 1.14 bits per heavy atom. The summed E-state index contributed by atoms with van der Waals surface area (Å²) < 4.78 is 72.7. The molecule has 3 aromatic rings. The number of nitrogens with one attached hydrogen (secondary N) is 2. The number of halogens is 5. The maximum absolute atomic E-state index is 15.4. The van der Waals surface area contributed by atoms with Crippen LogP contribution in [-0.2, 0) is 16.1 Å². The summed E-state index contributed by atoms with van der Waals surface area (Å²) in [4.78, 5) is 44.9. The molecule has 192 valence electrons. The molecule has 0 bridgehead atoms. The van der Waals surface area contributed by atoms with Crippen molar-refractivity contribution in [3.8, 4) is 0 Å². The zero-order valence-corrected chi connectivity index (χ0v) is 18.3. The van der Waals surface area contributed by atoms with E-state index in [1.165, 1.54) is 11.4 Å². The van der Waals surface area contributed by atoms with E-state index in [9.17, 15) is 31.9 Å². The van der Waals surface area contributed by atoms with Crippen LogP contribution in [0.5, 0.6) is 0 Å². The third kappa shape index (κ3) is 5.48. The molecule has 3 aromatic heterocycles. The van der Waals surface area contributed by atoms with Crippen molar-refractivity contribution < 1.29 is 36.3 Å². The van der Waals surface area contributed by atoms with Crippen LogP contribution in [0.2, 0.25) is 0 Å². The standard InChI is InChI=1S/C20H18F5N7O4/c21-11-6-26-19(27-7-11)29-13(33)8-31-14-5-12(10-1-3-36-4-2-10)30-32(14)18(35)15(16(31)22)17(34)28-9-20(23,24)25/h5-7,10H,1-4,8-9H2,(H,28,34)(H,26,27,29,33). The lowest BCUT2D eigenvalue weighted by Crippen LogP contribution is -2.40. The first kappa shape index (κ1) is 25.2. The van der Waals surface area contributed by atoms with Gasteiger partial charge >= 0.3 is 6.18 Å². The van der Waals surface area contributed by atoms with E-state index in [0.29, 0.717) is 40.8 Å². The summed E-state index contributed by atoms with van der Waals surface area (Å²) in [6, 6.07) is 1.36. The van der Waals surface area contributed by atoms with Crippen LogP contribution >= 0.6 is 0 Å². The minimum Gasteiger partial charge on any atom is -0.381 e. The fraction of sp³-hybridized carbons (Fsp3) is 0.400. The van der Waals surface area contributed by atoms with E-state index in [4.69, 9.17) is 4.74 Å². The summed E-state index contributed by atoms with van der Waals surface area (Å²) in [6.45, 7) is -1.81. The molecule has 0 saturated carbocycles. The van der Waals surface area contributed by atoms with Gasteiger partial charge in [0, 0.05) is 25.2 Å². The molecule has 0 atom stereocenters. The number of alkyl halides is 3. The Morgan fingerprint density at radius 3 is 2.44 bits per heavy atom. The Labute approximate surface area is 198 Å². The average molecular weight is 515 g/mol. The van der Waals surface area contributed by atoms with Crippen LogP contribution in [0.25, 0.3) is 5.65 Å². The molecule has 2 amide bonds. The Kier molecular flexibility index (Phi) is 6.96. The van der Waals surface area contributed by atoms with Crippen molar-refractivity contribution in [1.29, 1.82) is 0 Å². The number of carbonyl (C=O) groups is 2. The van der Waals surface area contributed by atoms with Crippen LogP contribution in [-0.4, -0.2) is 61.9 Å².